The maximum Gasteiger partial charge on any atom is 0.330 e. The highest BCUT2D eigenvalue weighted by atomic mass is 16.5. The smallest absolute Gasteiger partial charge is 0.330 e. The molecule has 0 unspecified atom stereocenters. The number of aromatic nitrogens is 4. The number of ether oxygens (including phenoxy) is 1. The van der Waals surface area contributed by atoms with E-state index in [-0.39, 0.29) is 37.1 Å². The van der Waals surface area contributed by atoms with Crippen LogP contribution in [0, 0.1) is 13.8 Å². The van der Waals surface area contributed by atoms with Crippen LogP contribution in [-0.4, -0.2) is 52.0 Å². The van der Waals surface area contributed by atoms with E-state index >= 15 is 0 Å². The van der Waals surface area contributed by atoms with Crippen LogP contribution in [0.5, 0.6) is 0 Å². The first-order valence-electron chi connectivity index (χ1n) is 11.5. The van der Waals surface area contributed by atoms with Gasteiger partial charge in [-0.15, -0.1) is 0 Å². The molecule has 3 aromatic rings. The number of hydrogen-bond donors (Lipinski definition) is 3. The van der Waals surface area contributed by atoms with Gasteiger partial charge in [0, 0.05) is 26.3 Å². The van der Waals surface area contributed by atoms with Gasteiger partial charge in [-0.05, 0) is 32.4 Å². The second-order valence-electron chi connectivity index (χ2n) is 8.38. The predicted octanol–water partition coefficient (Wildman–Crippen LogP) is 1.81. The zero-order valence-electron chi connectivity index (χ0n) is 20.6. The number of aryl methyl sites for hydroxylation is 2. The first-order valence-corrected chi connectivity index (χ1v) is 11.5. The van der Waals surface area contributed by atoms with Gasteiger partial charge in [0.05, 0.1) is 24.5 Å². The summed E-state index contributed by atoms with van der Waals surface area (Å²) < 4.78 is 8.15. The molecule has 0 atom stereocenters. The molecule has 0 aliphatic rings. The van der Waals surface area contributed by atoms with E-state index in [4.69, 9.17) is 10.5 Å². The number of aromatic amines is 1. The number of hydrogen-bond acceptors (Lipinski definition) is 7. The molecular formula is C24H33N7O4. The summed E-state index contributed by atoms with van der Waals surface area (Å²) in [5, 5.41) is 7.36. The third-order valence-electron chi connectivity index (χ3n) is 5.54. The number of H-pyrrole nitrogens is 1. The Morgan fingerprint density at radius 2 is 1.94 bits per heavy atom. The lowest BCUT2D eigenvalue weighted by Crippen LogP contribution is -2.43. The molecule has 0 aliphatic heterocycles. The molecule has 1 aromatic carbocycles. The third-order valence-corrected chi connectivity index (χ3v) is 5.54. The maximum atomic E-state index is 13.1. The molecule has 0 saturated carbocycles. The third kappa shape index (κ3) is 6.18. The van der Waals surface area contributed by atoms with Crippen LogP contribution in [-0.2, 0) is 16.1 Å². The Kier molecular flexibility index (Phi) is 8.48. The summed E-state index contributed by atoms with van der Waals surface area (Å²) >= 11 is 0. The Morgan fingerprint density at radius 3 is 2.60 bits per heavy atom. The van der Waals surface area contributed by atoms with Crippen LogP contribution in [0.4, 0.5) is 17.3 Å². The van der Waals surface area contributed by atoms with E-state index in [1.807, 2.05) is 45.0 Å². The zero-order valence-corrected chi connectivity index (χ0v) is 20.6. The lowest BCUT2D eigenvalue weighted by Gasteiger charge is -2.25. The summed E-state index contributed by atoms with van der Waals surface area (Å²) in [6, 6.07) is 9.54. The fourth-order valence-corrected chi connectivity index (χ4v) is 3.72. The summed E-state index contributed by atoms with van der Waals surface area (Å²) in [6.07, 6.45) is 1.57. The molecule has 3 rings (SSSR count). The molecule has 35 heavy (non-hydrogen) atoms. The van der Waals surface area contributed by atoms with Crippen molar-refractivity contribution in [1.82, 2.24) is 19.3 Å². The molecule has 0 bridgehead atoms. The van der Waals surface area contributed by atoms with Gasteiger partial charge in [0.15, 0.2) is 0 Å². The molecule has 0 radical (unpaired) electrons. The average molecular weight is 484 g/mol. The number of carbonyl (C=O) groups excluding carboxylic acids is 1. The number of nitrogens with one attached hydrogen (secondary N) is 2. The number of nitrogen functional groups attached to an aromatic ring is 1. The number of rotatable bonds is 11. The second-order valence-corrected chi connectivity index (χ2v) is 8.38. The standard InChI is InChI=1S/C24H33N7O4/c1-5-6-11-30-22(25)21(23(33)27-24(30)34)29(12-13-35-4)15-20(32)26-19-14-17(3)28-31(19)18-9-7-16(2)8-10-18/h7-10,14H,5-6,11-13,15,25H2,1-4H3,(H,26,32)(H,27,33,34). The topological polar surface area (TPSA) is 140 Å². The first kappa shape index (κ1) is 25.8. The van der Waals surface area contributed by atoms with Gasteiger partial charge in [0.2, 0.25) is 5.91 Å². The normalized spacial score (nSPS) is 11.0. The fourth-order valence-electron chi connectivity index (χ4n) is 3.72. The minimum Gasteiger partial charge on any atom is -0.383 e. The Morgan fingerprint density at radius 1 is 1.23 bits per heavy atom. The summed E-state index contributed by atoms with van der Waals surface area (Å²) in [6.45, 7) is 6.48. The van der Waals surface area contributed by atoms with Crippen molar-refractivity contribution in [2.45, 2.75) is 40.2 Å². The highest BCUT2D eigenvalue weighted by Gasteiger charge is 2.22. The molecule has 11 nitrogen and oxygen atoms in total. The summed E-state index contributed by atoms with van der Waals surface area (Å²) in [4.78, 5) is 42.0. The highest BCUT2D eigenvalue weighted by Crippen LogP contribution is 2.20. The number of unbranched alkanes of at least 4 members (excludes halogenated alkanes) is 1. The Labute approximate surface area is 203 Å². The minimum atomic E-state index is -0.648. The quantitative estimate of drug-likeness (QED) is 0.378. The van der Waals surface area contributed by atoms with E-state index in [2.05, 4.69) is 15.4 Å². The van der Waals surface area contributed by atoms with Crippen molar-refractivity contribution in [1.29, 1.82) is 0 Å². The van der Waals surface area contributed by atoms with E-state index in [9.17, 15) is 14.4 Å². The van der Waals surface area contributed by atoms with E-state index in [0.29, 0.717) is 12.4 Å². The average Bonchev–Trinajstić information content (AvgIpc) is 3.17. The molecule has 188 valence electrons. The van der Waals surface area contributed by atoms with Crippen LogP contribution in [0.3, 0.4) is 0 Å². The van der Waals surface area contributed by atoms with Crippen LogP contribution >= 0.6 is 0 Å². The van der Waals surface area contributed by atoms with Gasteiger partial charge in [-0.1, -0.05) is 31.0 Å². The number of methoxy groups -OCH3 is 1. The number of amides is 1. The molecular weight excluding hydrogens is 450 g/mol. The van der Waals surface area contributed by atoms with Crippen molar-refractivity contribution >= 4 is 23.2 Å². The fraction of sp³-hybridized carbons (Fsp3) is 0.417. The van der Waals surface area contributed by atoms with Gasteiger partial charge < -0.3 is 20.7 Å². The second kappa shape index (κ2) is 11.5. The Balaban J connectivity index is 1.90. The van der Waals surface area contributed by atoms with Crippen LogP contribution < -0.4 is 27.2 Å². The number of nitrogens with zero attached hydrogens (tertiary/aromatic N) is 4. The molecule has 2 aromatic heterocycles. The van der Waals surface area contributed by atoms with Crippen molar-refractivity contribution in [3.8, 4) is 5.69 Å². The van der Waals surface area contributed by atoms with E-state index in [1.165, 1.54) is 16.6 Å². The van der Waals surface area contributed by atoms with Gasteiger partial charge in [0.1, 0.15) is 17.3 Å². The summed E-state index contributed by atoms with van der Waals surface area (Å²) in [5.74, 6) is 0.147. The summed E-state index contributed by atoms with van der Waals surface area (Å²) in [7, 11) is 1.52. The van der Waals surface area contributed by atoms with Crippen LogP contribution in [0.15, 0.2) is 39.9 Å². The maximum absolute atomic E-state index is 13.1. The predicted molar refractivity (Wildman–Crippen MR) is 136 cm³/mol. The van der Waals surface area contributed by atoms with Gasteiger partial charge in [-0.2, -0.15) is 5.10 Å². The number of anilines is 3. The SMILES string of the molecule is CCCCn1c(N)c(N(CCOC)CC(=O)Nc2cc(C)nn2-c2ccc(C)cc2)c(=O)[nH]c1=O. The van der Waals surface area contributed by atoms with Crippen molar-refractivity contribution in [3.63, 3.8) is 0 Å². The van der Waals surface area contributed by atoms with Crippen LogP contribution in [0.25, 0.3) is 5.69 Å². The molecule has 0 spiro atoms. The minimum absolute atomic E-state index is 0.0247. The lowest BCUT2D eigenvalue weighted by molar-refractivity contribution is -0.115. The van der Waals surface area contributed by atoms with Crippen molar-refractivity contribution < 1.29 is 9.53 Å². The van der Waals surface area contributed by atoms with Gasteiger partial charge >= 0.3 is 5.69 Å². The van der Waals surface area contributed by atoms with E-state index in [0.717, 1.165) is 29.8 Å². The van der Waals surface area contributed by atoms with Crippen molar-refractivity contribution in [3.05, 3.63) is 62.4 Å². The van der Waals surface area contributed by atoms with Crippen molar-refractivity contribution in [2.24, 2.45) is 0 Å². The highest BCUT2D eigenvalue weighted by molar-refractivity contribution is 5.94. The van der Waals surface area contributed by atoms with Gasteiger partial charge in [0.25, 0.3) is 5.56 Å². The molecule has 0 aliphatic carbocycles. The first-order chi connectivity index (χ1) is 16.7. The number of benzene rings is 1. The van der Waals surface area contributed by atoms with Crippen molar-refractivity contribution in [2.75, 3.05) is 42.8 Å². The van der Waals surface area contributed by atoms with Gasteiger partial charge in [-0.3, -0.25) is 19.1 Å². The molecule has 2 heterocycles. The van der Waals surface area contributed by atoms with Crippen LogP contribution in [0.1, 0.15) is 31.0 Å². The Bertz CT molecular complexity index is 1270. The molecule has 4 N–H and O–H groups in total. The van der Waals surface area contributed by atoms with Gasteiger partial charge in [-0.25, -0.2) is 9.48 Å². The zero-order chi connectivity index (χ0) is 25.5. The molecule has 11 heteroatoms. The van der Waals surface area contributed by atoms with E-state index < -0.39 is 11.2 Å². The Hall–Kier alpha value is -3.86. The molecule has 0 fully saturated rings. The largest absolute Gasteiger partial charge is 0.383 e. The molecule has 1 amide bonds. The monoisotopic (exact) mass is 483 g/mol. The molecule has 0 saturated heterocycles. The lowest BCUT2D eigenvalue weighted by atomic mass is 10.2. The summed E-state index contributed by atoms with van der Waals surface area (Å²) in [5.41, 5.74) is 7.76. The number of nitrogens with two attached hydrogens (primary N) is 1. The van der Waals surface area contributed by atoms with Crippen LogP contribution in [0.2, 0.25) is 0 Å². The number of carbonyl (C=O) groups is 1. The van der Waals surface area contributed by atoms with E-state index in [1.54, 1.807) is 10.7 Å².